The van der Waals surface area contributed by atoms with Gasteiger partial charge in [0.05, 0.1) is 10.9 Å². The zero-order valence-electron chi connectivity index (χ0n) is 11.6. The Labute approximate surface area is 128 Å². The average Bonchev–Trinajstić information content (AvgIpc) is 3.07. The highest BCUT2D eigenvalue weighted by Gasteiger charge is 2.11. The lowest BCUT2D eigenvalue weighted by Crippen LogP contribution is -2.33. The van der Waals surface area contributed by atoms with E-state index in [2.05, 4.69) is 25.5 Å². The van der Waals surface area contributed by atoms with E-state index in [1.165, 1.54) is 35.6 Å². The van der Waals surface area contributed by atoms with Gasteiger partial charge in [-0.3, -0.25) is 20.0 Å². The van der Waals surface area contributed by atoms with E-state index in [1.54, 1.807) is 18.2 Å². The summed E-state index contributed by atoms with van der Waals surface area (Å²) in [4.78, 5) is 36.5. The molecular weight excluding hydrogens is 298 g/mol. The predicted octanol–water partition coefficient (Wildman–Crippen LogP) is 0.218. The SMILES string of the molecule is O=C(Nn1ccc2c(cnc3ncnn32)c1=O)c1ccncc1. The van der Waals surface area contributed by atoms with Crippen molar-refractivity contribution in [1.82, 2.24) is 29.2 Å². The summed E-state index contributed by atoms with van der Waals surface area (Å²) >= 11 is 0. The quantitative estimate of drug-likeness (QED) is 0.567. The lowest BCUT2D eigenvalue weighted by atomic mass is 10.2. The smallest absolute Gasteiger partial charge is 0.267 e. The Morgan fingerprint density at radius 3 is 2.78 bits per heavy atom. The van der Waals surface area contributed by atoms with Gasteiger partial charge < -0.3 is 0 Å². The number of pyridine rings is 2. The number of nitrogens with zero attached hydrogens (tertiary/aromatic N) is 6. The number of rotatable bonds is 2. The average molecular weight is 307 g/mol. The van der Waals surface area contributed by atoms with Crippen molar-refractivity contribution < 1.29 is 4.79 Å². The van der Waals surface area contributed by atoms with Gasteiger partial charge in [-0.2, -0.15) is 14.6 Å². The van der Waals surface area contributed by atoms with E-state index in [0.29, 0.717) is 22.2 Å². The third kappa shape index (κ3) is 2.11. The zero-order chi connectivity index (χ0) is 15.8. The number of amides is 1. The van der Waals surface area contributed by atoms with Crippen molar-refractivity contribution in [2.24, 2.45) is 0 Å². The van der Waals surface area contributed by atoms with Gasteiger partial charge in [0.25, 0.3) is 17.2 Å². The fraction of sp³-hybridized carbons (Fsp3) is 0. The Kier molecular flexibility index (Phi) is 2.83. The molecule has 0 saturated carbocycles. The molecule has 1 amide bonds. The normalized spacial score (nSPS) is 11.0. The highest BCUT2D eigenvalue weighted by Crippen LogP contribution is 2.08. The van der Waals surface area contributed by atoms with E-state index in [-0.39, 0.29) is 0 Å². The number of aromatic nitrogens is 6. The van der Waals surface area contributed by atoms with E-state index in [1.807, 2.05) is 0 Å². The van der Waals surface area contributed by atoms with Crippen LogP contribution in [0.1, 0.15) is 10.4 Å². The molecule has 0 aliphatic heterocycles. The molecule has 4 rings (SSSR count). The monoisotopic (exact) mass is 307 g/mol. The topological polar surface area (TPSA) is 107 Å². The molecule has 0 aromatic carbocycles. The van der Waals surface area contributed by atoms with Crippen LogP contribution in [0.5, 0.6) is 0 Å². The van der Waals surface area contributed by atoms with Crippen LogP contribution in [0.25, 0.3) is 16.7 Å². The molecular formula is C14H9N7O2. The molecule has 4 aromatic heterocycles. The van der Waals surface area contributed by atoms with E-state index in [4.69, 9.17) is 0 Å². The van der Waals surface area contributed by atoms with Gasteiger partial charge in [0, 0.05) is 30.4 Å². The maximum atomic E-state index is 12.5. The van der Waals surface area contributed by atoms with Crippen molar-refractivity contribution in [2.75, 3.05) is 5.43 Å². The summed E-state index contributed by atoms with van der Waals surface area (Å²) in [7, 11) is 0. The van der Waals surface area contributed by atoms with Crippen molar-refractivity contribution in [3.8, 4) is 0 Å². The molecule has 0 bridgehead atoms. The molecule has 0 radical (unpaired) electrons. The van der Waals surface area contributed by atoms with Crippen molar-refractivity contribution in [1.29, 1.82) is 0 Å². The predicted molar refractivity (Wildman–Crippen MR) is 80.5 cm³/mol. The van der Waals surface area contributed by atoms with Crippen molar-refractivity contribution >= 4 is 22.6 Å². The lowest BCUT2D eigenvalue weighted by molar-refractivity contribution is 0.101. The van der Waals surface area contributed by atoms with E-state index >= 15 is 0 Å². The van der Waals surface area contributed by atoms with Gasteiger partial charge in [0.1, 0.15) is 6.33 Å². The van der Waals surface area contributed by atoms with Crippen molar-refractivity contribution in [3.05, 3.63) is 65.2 Å². The van der Waals surface area contributed by atoms with Gasteiger partial charge in [-0.05, 0) is 18.2 Å². The van der Waals surface area contributed by atoms with Gasteiger partial charge >= 0.3 is 0 Å². The van der Waals surface area contributed by atoms with Crippen LogP contribution in [0.3, 0.4) is 0 Å². The number of fused-ring (bicyclic) bond motifs is 3. The summed E-state index contributed by atoms with van der Waals surface area (Å²) in [5.41, 5.74) is 3.08. The molecule has 4 aromatic rings. The third-order valence-corrected chi connectivity index (χ3v) is 3.34. The lowest BCUT2D eigenvalue weighted by Gasteiger charge is -2.09. The minimum atomic E-state index is -0.413. The van der Waals surface area contributed by atoms with Crippen molar-refractivity contribution in [3.63, 3.8) is 0 Å². The molecule has 0 fully saturated rings. The van der Waals surface area contributed by atoms with Crippen LogP contribution in [0.15, 0.2) is 54.1 Å². The molecule has 0 atom stereocenters. The molecule has 23 heavy (non-hydrogen) atoms. The van der Waals surface area contributed by atoms with Gasteiger partial charge in [-0.1, -0.05) is 0 Å². The van der Waals surface area contributed by atoms with E-state index in [0.717, 1.165) is 4.68 Å². The zero-order valence-corrected chi connectivity index (χ0v) is 11.6. The molecule has 0 aliphatic carbocycles. The standard InChI is InChI=1S/C14H9N7O2/c22-12(9-1-4-15-5-2-9)19-20-6-3-11-10(13(20)23)7-16-14-17-8-18-21(11)14/h1-8H,(H,19,22). The molecule has 9 nitrogen and oxygen atoms in total. The molecule has 0 unspecified atom stereocenters. The van der Waals surface area contributed by atoms with Gasteiger partial charge in [-0.15, -0.1) is 0 Å². The molecule has 112 valence electrons. The summed E-state index contributed by atoms with van der Waals surface area (Å²) in [6.45, 7) is 0. The van der Waals surface area contributed by atoms with Crippen LogP contribution in [0.2, 0.25) is 0 Å². The van der Waals surface area contributed by atoms with Crippen LogP contribution in [-0.4, -0.2) is 35.1 Å². The number of carbonyl (C=O) groups is 1. The first-order chi connectivity index (χ1) is 11.2. The van der Waals surface area contributed by atoms with Crippen LogP contribution in [0, 0.1) is 0 Å². The highest BCUT2D eigenvalue weighted by molar-refractivity contribution is 5.99. The first-order valence-corrected chi connectivity index (χ1v) is 6.65. The largest absolute Gasteiger partial charge is 0.280 e. The molecule has 1 N–H and O–H groups in total. The van der Waals surface area contributed by atoms with Gasteiger partial charge in [0.2, 0.25) is 0 Å². The molecule has 0 spiro atoms. The minimum absolute atomic E-state index is 0.320. The fourth-order valence-electron chi connectivity index (χ4n) is 2.23. The Balaban J connectivity index is 1.79. The first-order valence-electron chi connectivity index (χ1n) is 6.65. The second-order valence-electron chi connectivity index (χ2n) is 4.70. The molecule has 0 saturated heterocycles. The Hall–Kier alpha value is -3.62. The van der Waals surface area contributed by atoms with Crippen LogP contribution >= 0.6 is 0 Å². The fourth-order valence-corrected chi connectivity index (χ4v) is 2.23. The first kappa shape index (κ1) is 13.1. The third-order valence-electron chi connectivity index (χ3n) is 3.34. The maximum absolute atomic E-state index is 12.5. The van der Waals surface area contributed by atoms with Crippen LogP contribution in [0.4, 0.5) is 0 Å². The maximum Gasteiger partial charge on any atom is 0.280 e. The summed E-state index contributed by atoms with van der Waals surface area (Å²) in [6.07, 6.45) is 7.24. The van der Waals surface area contributed by atoms with Gasteiger partial charge in [0.15, 0.2) is 0 Å². The number of carbonyl (C=O) groups excluding carboxylic acids is 1. The molecule has 9 heteroatoms. The Bertz CT molecular complexity index is 1080. The van der Waals surface area contributed by atoms with Crippen LogP contribution in [-0.2, 0) is 0 Å². The van der Waals surface area contributed by atoms with Gasteiger partial charge in [-0.25, -0.2) is 9.66 Å². The Morgan fingerprint density at radius 2 is 1.96 bits per heavy atom. The highest BCUT2D eigenvalue weighted by atomic mass is 16.2. The number of hydrogen-bond acceptors (Lipinski definition) is 6. The van der Waals surface area contributed by atoms with Crippen LogP contribution < -0.4 is 11.0 Å². The van der Waals surface area contributed by atoms with E-state index < -0.39 is 11.5 Å². The summed E-state index contributed by atoms with van der Waals surface area (Å²) in [5, 5.41) is 4.35. The summed E-state index contributed by atoms with van der Waals surface area (Å²) in [6, 6.07) is 4.77. The minimum Gasteiger partial charge on any atom is -0.267 e. The number of nitrogens with one attached hydrogen (secondary N) is 1. The second kappa shape index (κ2) is 4.98. The summed E-state index contributed by atoms with van der Waals surface area (Å²) < 4.78 is 2.57. The van der Waals surface area contributed by atoms with Crippen molar-refractivity contribution in [2.45, 2.75) is 0 Å². The van der Waals surface area contributed by atoms with E-state index in [9.17, 15) is 9.59 Å². The summed E-state index contributed by atoms with van der Waals surface area (Å²) in [5.74, 6) is -0.0147. The Morgan fingerprint density at radius 1 is 1.13 bits per heavy atom. The molecule has 0 aliphatic rings. The number of hydrogen-bond donors (Lipinski definition) is 1. The second-order valence-corrected chi connectivity index (χ2v) is 4.70. The molecule has 4 heterocycles.